The van der Waals surface area contributed by atoms with Crippen LogP contribution >= 0.6 is 0 Å². The van der Waals surface area contributed by atoms with Crippen LogP contribution in [0, 0.1) is 5.92 Å². The van der Waals surface area contributed by atoms with Gasteiger partial charge in [0, 0.05) is 19.3 Å². The molecule has 3 unspecified atom stereocenters. The molecule has 0 aliphatic carbocycles. The van der Waals surface area contributed by atoms with E-state index in [1.54, 1.807) is 0 Å². The van der Waals surface area contributed by atoms with E-state index in [9.17, 15) is 0 Å². The highest BCUT2D eigenvalue weighted by atomic mass is 16.5. The van der Waals surface area contributed by atoms with E-state index in [0.29, 0.717) is 12.0 Å². The predicted octanol–water partition coefficient (Wildman–Crippen LogP) is 1.53. The maximum absolute atomic E-state index is 5.79. The molecule has 0 saturated carbocycles. The van der Waals surface area contributed by atoms with E-state index >= 15 is 0 Å². The number of hydrogen-bond acceptors (Lipinski definition) is 3. The molecule has 14 heavy (non-hydrogen) atoms. The third-order valence-corrected chi connectivity index (χ3v) is 3.14. The molecule has 3 heteroatoms. The Morgan fingerprint density at radius 1 is 1.43 bits per heavy atom. The molecule has 0 spiro atoms. The number of hydrogen-bond donors (Lipinski definition) is 1. The van der Waals surface area contributed by atoms with E-state index in [1.165, 1.54) is 12.8 Å². The molecule has 2 heterocycles. The van der Waals surface area contributed by atoms with Crippen LogP contribution in [0.3, 0.4) is 0 Å². The van der Waals surface area contributed by atoms with Crippen LogP contribution in [0.2, 0.25) is 0 Å². The van der Waals surface area contributed by atoms with Crippen molar-refractivity contribution in [2.45, 2.75) is 44.9 Å². The third-order valence-electron chi connectivity index (χ3n) is 3.14. The highest BCUT2D eigenvalue weighted by Gasteiger charge is 2.35. The summed E-state index contributed by atoms with van der Waals surface area (Å²) in [5, 5.41) is 3.50. The van der Waals surface area contributed by atoms with Gasteiger partial charge in [-0.1, -0.05) is 0 Å². The molecular formula is C11H21NO2. The van der Waals surface area contributed by atoms with E-state index in [0.717, 1.165) is 26.2 Å². The normalized spacial score (nSPS) is 44.1. The van der Waals surface area contributed by atoms with Crippen LogP contribution in [0.4, 0.5) is 0 Å². The highest BCUT2D eigenvalue weighted by Crippen LogP contribution is 2.28. The molecule has 0 aromatic carbocycles. The number of ether oxygens (including phenoxy) is 2. The lowest BCUT2D eigenvalue weighted by atomic mass is 9.93. The Hall–Kier alpha value is -0.120. The van der Waals surface area contributed by atoms with Crippen LogP contribution in [0.1, 0.15) is 33.1 Å². The molecule has 0 amide bonds. The second-order valence-electron chi connectivity index (χ2n) is 4.87. The van der Waals surface area contributed by atoms with Gasteiger partial charge in [0.2, 0.25) is 0 Å². The number of rotatable bonds is 2. The molecule has 2 fully saturated rings. The molecule has 2 rings (SSSR count). The zero-order valence-corrected chi connectivity index (χ0v) is 9.21. The first-order valence-electron chi connectivity index (χ1n) is 5.67. The average molecular weight is 199 g/mol. The Balaban J connectivity index is 1.83. The fraction of sp³-hybridized carbons (Fsp3) is 1.00. The first kappa shape index (κ1) is 10.4. The lowest BCUT2D eigenvalue weighted by Crippen LogP contribution is -2.43. The zero-order chi connectivity index (χ0) is 10.0. The summed E-state index contributed by atoms with van der Waals surface area (Å²) in [5.74, 6) is 0.673. The predicted molar refractivity (Wildman–Crippen MR) is 55.1 cm³/mol. The Labute approximate surface area is 86.2 Å². The largest absolute Gasteiger partial charge is 0.381 e. The molecule has 82 valence electrons. The number of nitrogens with one attached hydrogen (secondary N) is 1. The van der Waals surface area contributed by atoms with Crippen molar-refractivity contribution in [1.29, 1.82) is 0 Å². The van der Waals surface area contributed by atoms with E-state index in [4.69, 9.17) is 9.47 Å². The van der Waals surface area contributed by atoms with E-state index in [2.05, 4.69) is 19.2 Å². The van der Waals surface area contributed by atoms with Crippen LogP contribution in [0.15, 0.2) is 0 Å². The minimum absolute atomic E-state index is 0.106. The summed E-state index contributed by atoms with van der Waals surface area (Å²) < 4.78 is 11.3. The molecule has 3 nitrogen and oxygen atoms in total. The van der Waals surface area contributed by atoms with Crippen molar-refractivity contribution < 1.29 is 9.47 Å². The van der Waals surface area contributed by atoms with Gasteiger partial charge >= 0.3 is 0 Å². The van der Waals surface area contributed by atoms with E-state index in [1.807, 2.05) is 0 Å². The van der Waals surface area contributed by atoms with Crippen LogP contribution in [-0.4, -0.2) is 31.6 Å². The monoisotopic (exact) mass is 199 g/mol. The minimum Gasteiger partial charge on any atom is -0.381 e. The molecular weight excluding hydrogens is 178 g/mol. The summed E-state index contributed by atoms with van der Waals surface area (Å²) in [6, 6.07) is 0.490. The van der Waals surface area contributed by atoms with Gasteiger partial charge in [-0.15, -0.1) is 0 Å². The lowest BCUT2D eigenvalue weighted by molar-refractivity contribution is -0.0388. The first-order valence-corrected chi connectivity index (χ1v) is 5.67. The molecule has 0 aromatic rings. The van der Waals surface area contributed by atoms with Crippen LogP contribution < -0.4 is 5.32 Å². The maximum Gasteiger partial charge on any atom is 0.117 e. The topological polar surface area (TPSA) is 30.5 Å². The molecule has 0 aromatic heterocycles. The summed E-state index contributed by atoms with van der Waals surface area (Å²) >= 11 is 0. The first-order chi connectivity index (χ1) is 6.68. The van der Waals surface area contributed by atoms with Gasteiger partial charge in [-0.2, -0.15) is 0 Å². The van der Waals surface area contributed by atoms with Crippen molar-refractivity contribution >= 4 is 0 Å². The molecule has 2 aliphatic heterocycles. The van der Waals surface area contributed by atoms with Crippen molar-refractivity contribution in [3.8, 4) is 0 Å². The van der Waals surface area contributed by atoms with Gasteiger partial charge in [-0.3, -0.25) is 5.32 Å². The Bertz CT molecular complexity index is 192. The Morgan fingerprint density at radius 2 is 2.29 bits per heavy atom. The Morgan fingerprint density at radius 3 is 2.86 bits per heavy atom. The van der Waals surface area contributed by atoms with Gasteiger partial charge in [0.05, 0.1) is 6.61 Å². The molecule has 2 saturated heterocycles. The molecule has 2 aliphatic rings. The van der Waals surface area contributed by atoms with Gasteiger partial charge < -0.3 is 9.47 Å². The lowest BCUT2D eigenvalue weighted by Gasteiger charge is -2.31. The van der Waals surface area contributed by atoms with Crippen molar-refractivity contribution in [1.82, 2.24) is 5.32 Å². The summed E-state index contributed by atoms with van der Waals surface area (Å²) in [5.41, 5.74) is -0.106. The summed E-state index contributed by atoms with van der Waals surface area (Å²) in [4.78, 5) is 0. The fourth-order valence-electron chi connectivity index (χ4n) is 2.55. The average Bonchev–Trinajstić information content (AvgIpc) is 2.47. The van der Waals surface area contributed by atoms with Crippen molar-refractivity contribution in [3.05, 3.63) is 0 Å². The fourth-order valence-corrected chi connectivity index (χ4v) is 2.55. The second kappa shape index (κ2) is 4.17. The highest BCUT2D eigenvalue weighted by molar-refractivity contribution is 4.85. The molecule has 0 bridgehead atoms. The summed E-state index contributed by atoms with van der Waals surface area (Å²) in [6.45, 7) is 7.02. The van der Waals surface area contributed by atoms with Gasteiger partial charge in [-0.05, 0) is 39.0 Å². The standard InChI is InChI=1S/C11H21NO2/c1-9-7-14-11(2,12-9)6-10-4-3-5-13-8-10/h9-10,12H,3-8H2,1-2H3. The van der Waals surface area contributed by atoms with Crippen LogP contribution in [0.5, 0.6) is 0 Å². The van der Waals surface area contributed by atoms with Crippen molar-refractivity contribution in [2.75, 3.05) is 19.8 Å². The zero-order valence-electron chi connectivity index (χ0n) is 9.21. The quantitative estimate of drug-likeness (QED) is 0.731. The van der Waals surface area contributed by atoms with Crippen LogP contribution in [0.25, 0.3) is 0 Å². The molecule has 3 atom stereocenters. The van der Waals surface area contributed by atoms with Gasteiger partial charge in [-0.25, -0.2) is 0 Å². The molecule has 0 radical (unpaired) electrons. The summed E-state index contributed by atoms with van der Waals surface area (Å²) in [6.07, 6.45) is 3.57. The van der Waals surface area contributed by atoms with Gasteiger partial charge in [0.1, 0.15) is 5.72 Å². The van der Waals surface area contributed by atoms with Crippen molar-refractivity contribution in [2.24, 2.45) is 5.92 Å². The Kier molecular flexibility index (Phi) is 3.10. The summed E-state index contributed by atoms with van der Waals surface area (Å²) in [7, 11) is 0. The SMILES string of the molecule is CC1COC(C)(CC2CCCOC2)N1. The van der Waals surface area contributed by atoms with Gasteiger partial charge in [0.25, 0.3) is 0 Å². The minimum atomic E-state index is -0.106. The smallest absolute Gasteiger partial charge is 0.117 e. The maximum atomic E-state index is 5.79. The van der Waals surface area contributed by atoms with Crippen molar-refractivity contribution in [3.63, 3.8) is 0 Å². The molecule has 1 N–H and O–H groups in total. The second-order valence-corrected chi connectivity index (χ2v) is 4.87. The van der Waals surface area contributed by atoms with E-state index < -0.39 is 0 Å². The van der Waals surface area contributed by atoms with E-state index in [-0.39, 0.29) is 5.72 Å². The third kappa shape index (κ3) is 2.47. The van der Waals surface area contributed by atoms with Crippen LogP contribution in [-0.2, 0) is 9.47 Å². The van der Waals surface area contributed by atoms with Gasteiger partial charge in [0.15, 0.2) is 0 Å².